The van der Waals surface area contributed by atoms with Crippen LogP contribution in [0.5, 0.6) is 0 Å². The van der Waals surface area contributed by atoms with Crippen LogP contribution in [0.2, 0.25) is 0 Å². The SMILES string of the molecule is Cc1cc(/C=C(\C#N)C(=O)N(C)CCO)c(C)n1-c1ccccc1F. The van der Waals surface area contributed by atoms with Gasteiger partial charge in [-0.1, -0.05) is 12.1 Å². The Morgan fingerprint density at radius 1 is 1.40 bits per heavy atom. The molecule has 0 aliphatic rings. The molecule has 130 valence electrons. The molecule has 0 saturated carbocycles. The summed E-state index contributed by atoms with van der Waals surface area (Å²) in [5.41, 5.74) is 2.57. The highest BCUT2D eigenvalue weighted by atomic mass is 19.1. The van der Waals surface area contributed by atoms with Gasteiger partial charge in [-0.3, -0.25) is 4.79 Å². The van der Waals surface area contributed by atoms with E-state index in [1.54, 1.807) is 28.8 Å². The minimum absolute atomic E-state index is 0.0373. The molecule has 0 aliphatic heterocycles. The first-order valence-electron chi connectivity index (χ1n) is 7.82. The summed E-state index contributed by atoms with van der Waals surface area (Å²) in [4.78, 5) is 13.5. The summed E-state index contributed by atoms with van der Waals surface area (Å²) >= 11 is 0. The van der Waals surface area contributed by atoms with E-state index in [1.807, 2.05) is 19.9 Å². The summed E-state index contributed by atoms with van der Waals surface area (Å²) in [6.45, 7) is 3.61. The maximum atomic E-state index is 14.1. The van der Waals surface area contributed by atoms with Crippen molar-refractivity contribution in [3.05, 3.63) is 58.7 Å². The van der Waals surface area contributed by atoms with Crippen LogP contribution in [0.3, 0.4) is 0 Å². The smallest absolute Gasteiger partial charge is 0.264 e. The summed E-state index contributed by atoms with van der Waals surface area (Å²) < 4.78 is 15.9. The molecule has 5 nitrogen and oxygen atoms in total. The van der Waals surface area contributed by atoms with Crippen molar-refractivity contribution in [1.29, 1.82) is 5.26 Å². The number of hydrogen-bond acceptors (Lipinski definition) is 3. The molecule has 1 amide bonds. The number of halogens is 1. The zero-order valence-corrected chi connectivity index (χ0v) is 14.5. The van der Waals surface area contributed by atoms with Crippen molar-refractivity contribution in [3.63, 3.8) is 0 Å². The fourth-order valence-corrected chi connectivity index (χ4v) is 2.69. The summed E-state index contributed by atoms with van der Waals surface area (Å²) in [6.07, 6.45) is 1.50. The van der Waals surface area contributed by atoms with Crippen molar-refractivity contribution in [1.82, 2.24) is 9.47 Å². The zero-order chi connectivity index (χ0) is 18.6. The van der Waals surface area contributed by atoms with Gasteiger partial charge in [0.1, 0.15) is 17.5 Å². The molecule has 2 rings (SSSR count). The second kappa shape index (κ2) is 7.77. The van der Waals surface area contributed by atoms with Crippen molar-refractivity contribution in [2.75, 3.05) is 20.2 Å². The van der Waals surface area contributed by atoms with Crippen LogP contribution in [0.25, 0.3) is 11.8 Å². The molecule has 0 saturated heterocycles. The van der Waals surface area contributed by atoms with Gasteiger partial charge < -0.3 is 14.6 Å². The monoisotopic (exact) mass is 341 g/mol. The normalized spacial score (nSPS) is 11.3. The van der Waals surface area contributed by atoms with E-state index < -0.39 is 5.91 Å². The number of aromatic nitrogens is 1. The van der Waals surface area contributed by atoms with Crippen molar-refractivity contribution >= 4 is 12.0 Å². The van der Waals surface area contributed by atoms with Gasteiger partial charge in [-0.15, -0.1) is 0 Å². The van der Waals surface area contributed by atoms with E-state index in [9.17, 15) is 14.4 Å². The highest BCUT2D eigenvalue weighted by molar-refractivity contribution is 6.01. The third-order valence-corrected chi connectivity index (χ3v) is 4.00. The number of likely N-dealkylation sites (N-methyl/N-ethyl adjacent to an activating group) is 1. The maximum absolute atomic E-state index is 14.1. The second-order valence-corrected chi connectivity index (χ2v) is 5.73. The first-order chi connectivity index (χ1) is 11.9. The molecule has 0 radical (unpaired) electrons. The Morgan fingerprint density at radius 2 is 2.08 bits per heavy atom. The van der Waals surface area contributed by atoms with Crippen LogP contribution < -0.4 is 0 Å². The number of aryl methyl sites for hydroxylation is 1. The Labute approximate surface area is 146 Å². The minimum atomic E-state index is -0.466. The Kier molecular flexibility index (Phi) is 5.73. The fraction of sp³-hybridized carbons (Fsp3) is 0.263. The molecule has 0 fully saturated rings. The van der Waals surface area contributed by atoms with Gasteiger partial charge >= 0.3 is 0 Å². The number of nitrogens with zero attached hydrogens (tertiary/aromatic N) is 3. The second-order valence-electron chi connectivity index (χ2n) is 5.73. The van der Waals surface area contributed by atoms with E-state index in [4.69, 9.17) is 5.11 Å². The fourth-order valence-electron chi connectivity index (χ4n) is 2.69. The molecule has 1 N–H and O–H groups in total. The molecule has 6 heteroatoms. The lowest BCUT2D eigenvalue weighted by Crippen LogP contribution is -2.30. The number of hydrogen-bond donors (Lipinski definition) is 1. The molecule has 0 aliphatic carbocycles. The van der Waals surface area contributed by atoms with Gasteiger partial charge in [-0.05, 0) is 43.7 Å². The number of carbonyl (C=O) groups is 1. The zero-order valence-electron chi connectivity index (χ0n) is 14.5. The van der Waals surface area contributed by atoms with Gasteiger partial charge in [0.25, 0.3) is 5.91 Å². The number of aliphatic hydroxyl groups is 1. The summed E-state index contributed by atoms with van der Waals surface area (Å²) in [5.74, 6) is -0.814. The quantitative estimate of drug-likeness (QED) is 0.671. The molecular weight excluding hydrogens is 321 g/mol. The molecule has 0 bridgehead atoms. The van der Waals surface area contributed by atoms with Crippen molar-refractivity contribution in [3.8, 4) is 11.8 Å². The minimum Gasteiger partial charge on any atom is -0.395 e. The Hall–Kier alpha value is -2.91. The number of amides is 1. The summed E-state index contributed by atoms with van der Waals surface area (Å²) in [6, 6.07) is 10.1. The van der Waals surface area contributed by atoms with E-state index >= 15 is 0 Å². The number of aliphatic hydroxyl groups excluding tert-OH is 1. The van der Waals surface area contributed by atoms with Crippen molar-refractivity contribution < 1.29 is 14.3 Å². The highest BCUT2D eigenvalue weighted by Crippen LogP contribution is 2.24. The first kappa shape index (κ1) is 18.4. The van der Waals surface area contributed by atoms with Crippen LogP contribution in [-0.4, -0.2) is 40.7 Å². The molecule has 25 heavy (non-hydrogen) atoms. The average Bonchev–Trinajstić information content (AvgIpc) is 2.86. The van der Waals surface area contributed by atoms with E-state index in [2.05, 4.69) is 0 Å². The van der Waals surface area contributed by atoms with E-state index in [-0.39, 0.29) is 24.5 Å². The molecule has 0 spiro atoms. The van der Waals surface area contributed by atoms with Gasteiger partial charge in [-0.2, -0.15) is 5.26 Å². The highest BCUT2D eigenvalue weighted by Gasteiger charge is 2.17. The summed E-state index contributed by atoms with van der Waals surface area (Å²) in [5, 5.41) is 18.2. The number of nitriles is 1. The third-order valence-electron chi connectivity index (χ3n) is 4.00. The first-order valence-corrected chi connectivity index (χ1v) is 7.82. The van der Waals surface area contributed by atoms with Gasteiger partial charge in [0.05, 0.1) is 12.3 Å². The van der Waals surface area contributed by atoms with Gasteiger partial charge in [-0.25, -0.2) is 4.39 Å². The molecular formula is C19H20FN3O2. The van der Waals surface area contributed by atoms with Crippen LogP contribution in [0.15, 0.2) is 35.9 Å². The molecule has 1 aromatic carbocycles. The Morgan fingerprint density at radius 3 is 2.68 bits per heavy atom. The standard InChI is InChI=1S/C19H20FN3O2/c1-13-10-15(11-16(12-21)19(25)22(3)8-9-24)14(2)23(13)18-7-5-4-6-17(18)20/h4-7,10-11,24H,8-9H2,1-3H3/b16-11+. The number of para-hydroxylation sites is 1. The molecule has 1 heterocycles. The van der Waals surface area contributed by atoms with Crippen LogP contribution in [0.4, 0.5) is 4.39 Å². The lowest BCUT2D eigenvalue weighted by atomic mass is 10.1. The topological polar surface area (TPSA) is 69.3 Å². The van der Waals surface area contributed by atoms with Gasteiger partial charge in [0, 0.05) is 25.0 Å². The van der Waals surface area contributed by atoms with Crippen LogP contribution in [0.1, 0.15) is 17.0 Å². The van der Waals surface area contributed by atoms with E-state index in [0.29, 0.717) is 11.3 Å². The van der Waals surface area contributed by atoms with E-state index in [1.165, 1.54) is 24.1 Å². The Bertz CT molecular complexity index is 862. The average molecular weight is 341 g/mol. The lowest BCUT2D eigenvalue weighted by molar-refractivity contribution is -0.125. The predicted molar refractivity (Wildman–Crippen MR) is 93.5 cm³/mol. The van der Waals surface area contributed by atoms with Gasteiger partial charge in [0.15, 0.2) is 0 Å². The largest absolute Gasteiger partial charge is 0.395 e. The van der Waals surface area contributed by atoms with E-state index in [0.717, 1.165) is 11.4 Å². The van der Waals surface area contributed by atoms with Crippen LogP contribution >= 0.6 is 0 Å². The van der Waals surface area contributed by atoms with Crippen molar-refractivity contribution in [2.45, 2.75) is 13.8 Å². The lowest BCUT2D eigenvalue weighted by Gasteiger charge is -2.14. The van der Waals surface area contributed by atoms with Gasteiger partial charge in [0.2, 0.25) is 0 Å². The third kappa shape index (κ3) is 3.78. The number of benzene rings is 1. The van der Waals surface area contributed by atoms with Crippen LogP contribution in [-0.2, 0) is 4.79 Å². The van der Waals surface area contributed by atoms with Crippen molar-refractivity contribution in [2.24, 2.45) is 0 Å². The molecule has 1 aromatic heterocycles. The number of carbonyl (C=O) groups excluding carboxylic acids is 1. The molecule has 0 atom stereocenters. The van der Waals surface area contributed by atoms with Crippen LogP contribution in [0, 0.1) is 31.0 Å². The molecule has 2 aromatic rings. The number of rotatable bonds is 5. The molecule has 0 unspecified atom stereocenters. The predicted octanol–water partition coefficient (Wildman–Crippen LogP) is 2.59. The maximum Gasteiger partial charge on any atom is 0.264 e. The summed E-state index contributed by atoms with van der Waals surface area (Å²) in [7, 11) is 1.52. The Balaban J connectivity index is 2.48.